The van der Waals surface area contributed by atoms with Gasteiger partial charge in [-0.2, -0.15) is 0 Å². The molecule has 138 valence electrons. The molecule has 2 aromatic carbocycles. The summed E-state index contributed by atoms with van der Waals surface area (Å²) in [4.78, 5) is 11.7. The number of carboxylic acids is 1. The fraction of sp³-hybridized carbons (Fsp3) is 0.208. The lowest BCUT2D eigenvalue weighted by Gasteiger charge is -2.13. The third-order valence-corrected chi connectivity index (χ3v) is 4.99. The van der Waals surface area contributed by atoms with Gasteiger partial charge in [0.2, 0.25) is 0 Å². The number of aromatic carboxylic acids is 1. The fourth-order valence-electron chi connectivity index (χ4n) is 3.08. The highest BCUT2D eigenvalue weighted by molar-refractivity contribution is 5.95. The third-order valence-electron chi connectivity index (χ3n) is 4.99. The zero-order valence-electron chi connectivity index (χ0n) is 15.8. The molecule has 0 unspecified atom stereocenters. The van der Waals surface area contributed by atoms with E-state index in [4.69, 9.17) is 0 Å². The van der Waals surface area contributed by atoms with Gasteiger partial charge >= 0.3 is 5.97 Å². The summed E-state index contributed by atoms with van der Waals surface area (Å²) >= 11 is 0. The van der Waals surface area contributed by atoms with Gasteiger partial charge in [-0.05, 0) is 79.2 Å². The first kappa shape index (κ1) is 18.7. The van der Waals surface area contributed by atoms with Crippen molar-refractivity contribution in [2.24, 2.45) is 0 Å². The van der Waals surface area contributed by atoms with Gasteiger partial charge in [-0.15, -0.1) is 0 Å². The van der Waals surface area contributed by atoms with Gasteiger partial charge in [0.05, 0.1) is 11.3 Å². The van der Waals surface area contributed by atoms with Crippen LogP contribution >= 0.6 is 0 Å². The highest BCUT2D eigenvalue weighted by Crippen LogP contribution is 2.41. The number of anilines is 1. The molecule has 0 amide bonds. The monoisotopic (exact) mass is 359 g/mol. The van der Waals surface area contributed by atoms with Crippen molar-refractivity contribution in [2.75, 3.05) is 5.32 Å². The first-order chi connectivity index (χ1) is 13.0. The minimum absolute atomic E-state index is 0.300. The number of nitrogens with one attached hydrogen (secondary N) is 1. The van der Waals surface area contributed by atoms with Crippen molar-refractivity contribution in [1.29, 1.82) is 0 Å². The molecular weight excluding hydrogens is 334 g/mol. The van der Waals surface area contributed by atoms with Crippen molar-refractivity contribution in [2.45, 2.75) is 32.6 Å². The van der Waals surface area contributed by atoms with E-state index < -0.39 is 5.97 Å². The molecule has 0 spiro atoms. The Bertz CT molecular complexity index is 919. The van der Waals surface area contributed by atoms with Crippen molar-refractivity contribution in [3.63, 3.8) is 0 Å². The van der Waals surface area contributed by atoms with Crippen LogP contribution in [0.25, 0.3) is 5.57 Å². The van der Waals surface area contributed by atoms with Gasteiger partial charge in [0.15, 0.2) is 0 Å². The molecule has 3 heteroatoms. The molecule has 0 radical (unpaired) electrons. The van der Waals surface area contributed by atoms with E-state index in [-0.39, 0.29) is 0 Å². The lowest BCUT2D eigenvalue weighted by molar-refractivity contribution is 0.0698. The second kappa shape index (κ2) is 8.09. The number of hydrogen-bond acceptors (Lipinski definition) is 2. The molecule has 1 aliphatic carbocycles. The van der Waals surface area contributed by atoms with E-state index in [0.717, 1.165) is 35.2 Å². The average molecular weight is 359 g/mol. The zero-order chi connectivity index (χ0) is 19.4. The first-order valence-corrected chi connectivity index (χ1v) is 9.21. The topological polar surface area (TPSA) is 49.3 Å². The molecule has 2 N–H and O–H groups in total. The molecule has 1 saturated carbocycles. The summed E-state index contributed by atoms with van der Waals surface area (Å²) in [6, 6.07) is 15.9. The van der Waals surface area contributed by atoms with Crippen LogP contribution < -0.4 is 5.32 Å². The smallest absolute Gasteiger partial charge is 0.337 e. The van der Waals surface area contributed by atoms with Gasteiger partial charge in [-0.1, -0.05) is 43.0 Å². The molecule has 0 heterocycles. The Morgan fingerprint density at radius 2 is 1.85 bits per heavy atom. The van der Waals surface area contributed by atoms with E-state index in [1.54, 1.807) is 12.1 Å². The summed E-state index contributed by atoms with van der Waals surface area (Å²) in [5, 5.41) is 12.8. The summed E-state index contributed by atoms with van der Waals surface area (Å²) in [5.74, 6) is -0.401. The maximum atomic E-state index is 11.7. The van der Waals surface area contributed by atoms with Gasteiger partial charge in [0.1, 0.15) is 0 Å². The molecule has 1 fully saturated rings. The molecule has 1 aliphatic rings. The van der Waals surface area contributed by atoms with Gasteiger partial charge in [-0.25, -0.2) is 4.79 Å². The molecule has 27 heavy (non-hydrogen) atoms. The summed E-state index contributed by atoms with van der Waals surface area (Å²) in [7, 11) is 0. The number of rotatable bonds is 7. The van der Waals surface area contributed by atoms with Crippen LogP contribution in [0.3, 0.4) is 0 Å². The summed E-state index contributed by atoms with van der Waals surface area (Å²) < 4.78 is 0. The lowest BCUT2D eigenvalue weighted by Crippen LogP contribution is -2.06. The SMILES string of the molecule is C=C/C(=C\C(C)=C(/C)c1ccccc1)Nc1ccc(C2CC2)cc1C(=O)O. The first-order valence-electron chi connectivity index (χ1n) is 9.21. The van der Waals surface area contributed by atoms with Crippen LogP contribution in [-0.4, -0.2) is 11.1 Å². The summed E-state index contributed by atoms with van der Waals surface area (Å²) in [5.41, 5.74) is 6.18. The maximum absolute atomic E-state index is 11.7. The zero-order valence-corrected chi connectivity index (χ0v) is 15.8. The van der Waals surface area contributed by atoms with E-state index in [2.05, 4.69) is 31.0 Å². The van der Waals surface area contributed by atoms with E-state index >= 15 is 0 Å². The quantitative estimate of drug-likeness (QED) is 0.575. The number of benzene rings is 2. The Morgan fingerprint density at radius 1 is 1.15 bits per heavy atom. The Kier molecular flexibility index (Phi) is 5.60. The summed E-state index contributed by atoms with van der Waals surface area (Å²) in [6.45, 7) is 7.99. The van der Waals surface area contributed by atoms with Gasteiger partial charge in [0.25, 0.3) is 0 Å². The van der Waals surface area contributed by atoms with Crippen LogP contribution in [0.2, 0.25) is 0 Å². The van der Waals surface area contributed by atoms with Gasteiger partial charge in [-0.3, -0.25) is 0 Å². The van der Waals surface area contributed by atoms with Crippen molar-refractivity contribution >= 4 is 17.2 Å². The van der Waals surface area contributed by atoms with E-state index in [0.29, 0.717) is 17.2 Å². The Labute approximate surface area is 160 Å². The van der Waals surface area contributed by atoms with E-state index in [1.807, 2.05) is 43.3 Å². The number of allylic oxidation sites excluding steroid dienone is 4. The molecule has 0 bridgehead atoms. The van der Waals surface area contributed by atoms with Crippen molar-refractivity contribution < 1.29 is 9.90 Å². The molecule has 0 aromatic heterocycles. The Hall–Kier alpha value is -3.07. The normalized spacial score (nSPS) is 15.1. The molecule has 0 aliphatic heterocycles. The predicted octanol–water partition coefficient (Wildman–Crippen LogP) is 6.24. The van der Waals surface area contributed by atoms with Crippen LogP contribution in [0.4, 0.5) is 5.69 Å². The third kappa shape index (κ3) is 4.56. The minimum Gasteiger partial charge on any atom is -0.478 e. The van der Waals surface area contributed by atoms with Gasteiger partial charge in [0, 0.05) is 5.70 Å². The molecule has 2 aromatic rings. The number of carbonyl (C=O) groups is 1. The largest absolute Gasteiger partial charge is 0.478 e. The average Bonchev–Trinajstić information content (AvgIpc) is 3.52. The van der Waals surface area contributed by atoms with Crippen LogP contribution in [-0.2, 0) is 0 Å². The molecule has 0 saturated heterocycles. The van der Waals surface area contributed by atoms with Crippen molar-refractivity contribution in [1.82, 2.24) is 0 Å². The second-order valence-electron chi connectivity index (χ2n) is 6.99. The molecule has 3 nitrogen and oxygen atoms in total. The maximum Gasteiger partial charge on any atom is 0.337 e. The molecule has 3 rings (SSSR count). The van der Waals surface area contributed by atoms with E-state index in [9.17, 15) is 9.90 Å². The van der Waals surface area contributed by atoms with Crippen LogP contribution in [0.1, 0.15) is 54.1 Å². The molecule has 0 atom stereocenters. The number of hydrogen-bond donors (Lipinski definition) is 2. The Balaban J connectivity index is 1.89. The minimum atomic E-state index is -0.920. The molecular formula is C24H25NO2. The van der Waals surface area contributed by atoms with Crippen molar-refractivity contribution in [3.05, 3.63) is 95.2 Å². The highest BCUT2D eigenvalue weighted by atomic mass is 16.4. The van der Waals surface area contributed by atoms with Crippen LogP contribution in [0, 0.1) is 0 Å². The van der Waals surface area contributed by atoms with Crippen LogP contribution in [0.5, 0.6) is 0 Å². The van der Waals surface area contributed by atoms with E-state index in [1.165, 1.54) is 5.57 Å². The highest BCUT2D eigenvalue weighted by Gasteiger charge is 2.25. The summed E-state index contributed by atoms with van der Waals surface area (Å²) in [6.07, 6.45) is 6.00. The fourth-order valence-corrected chi connectivity index (χ4v) is 3.08. The number of carboxylic acid groups (broad SMARTS) is 1. The standard InChI is InChI=1S/C24H25NO2/c1-4-21(14-16(2)17(3)18-8-6-5-7-9-18)25-23-13-12-20(19-10-11-19)15-22(23)24(26)27/h4-9,12-15,19,25H,1,10-11H2,2-3H3,(H,26,27)/b17-16+,21-14+. The lowest BCUT2D eigenvalue weighted by atomic mass is 10.0. The van der Waals surface area contributed by atoms with Gasteiger partial charge < -0.3 is 10.4 Å². The Morgan fingerprint density at radius 3 is 2.44 bits per heavy atom. The predicted molar refractivity (Wildman–Crippen MR) is 112 cm³/mol. The van der Waals surface area contributed by atoms with Crippen LogP contribution in [0.15, 0.2) is 78.5 Å². The van der Waals surface area contributed by atoms with Crippen molar-refractivity contribution in [3.8, 4) is 0 Å². The second-order valence-corrected chi connectivity index (χ2v) is 6.99.